The third kappa shape index (κ3) is 4.03. The second-order valence-electron chi connectivity index (χ2n) is 5.81. The minimum atomic E-state index is -1.29. The van der Waals surface area contributed by atoms with Crippen molar-refractivity contribution >= 4 is 5.91 Å². The number of aromatic nitrogens is 2. The number of carbonyl (C=O) groups is 1. The molecule has 2 atom stereocenters. The third-order valence-electron chi connectivity index (χ3n) is 3.74. The number of likely N-dealkylation sites (tertiary alicyclic amines) is 1. The predicted molar refractivity (Wildman–Crippen MR) is 77.4 cm³/mol. The van der Waals surface area contributed by atoms with Crippen LogP contribution in [0.3, 0.4) is 0 Å². The Morgan fingerprint density at radius 2 is 2.38 bits per heavy atom. The van der Waals surface area contributed by atoms with E-state index in [9.17, 15) is 15.0 Å². The molecule has 0 bridgehead atoms. The number of hydrogen-bond donors (Lipinski definition) is 3. The number of aliphatic hydroxyl groups is 2. The number of β-amino-alcohol motifs (C(OH)–C–C–N with tert-alkyl or cyclic N) is 2. The quantitative estimate of drug-likeness (QED) is 0.648. The van der Waals surface area contributed by atoms with E-state index in [1.54, 1.807) is 0 Å². The van der Waals surface area contributed by atoms with Gasteiger partial charge in [-0.25, -0.2) is 0 Å². The van der Waals surface area contributed by atoms with Crippen molar-refractivity contribution in [3.8, 4) is 0 Å². The molecule has 21 heavy (non-hydrogen) atoms. The van der Waals surface area contributed by atoms with E-state index in [4.69, 9.17) is 0 Å². The van der Waals surface area contributed by atoms with Crippen molar-refractivity contribution < 1.29 is 15.0 Å². The summed E-state index contributed by atoms with van der Waals surface area (Å²) in [6.07, 6.45) is 3.96. The van der Waals surface area contributed by atoms with E-state index in [0.717, 1.165) is 18.5 Å². The van der Waals surface area contributed by atoms with E-state index < -0.39 is 11.7 Å². The van der Waals surface area contributed by atoms with Crippen LogP contribution in [0, 0.1) is 0 Å². The zero-order chi connectivity index (χ0) is 15.5. The third-order valence-corrected chi connectivity index (χ3v) is 3.74. The lowest BCUT2D eigenvalue weighted by atomic mass is 10.0. The topological polar surface area (TPSA) is 90.6 Å². The summed E-state index contributed by atoms with van der Waals surface area (Å²) in [6.45, 7) is 5.78. The van der Waals surface area contributed by atoms with E-state index in [-0.39, 0.29) is 12.5 Å². The highest BCUT2D eigenvalue weighted by Crippen LogP contribution is 2.23. The maximum absolute atomic E-state index is 11.0. The first kappa shape index (κ1) is 15.9. The van der Waals surface area contributed by atoms with Crippen molar-refractivity contribution in [1.82, 2.24) is 20.0 Å². The summed E-state index contributed by atoms with van der Waals surface area (Å²) in [5.41, 5.74) is -0.232. The van der Waals surface area contributed by atoms with Crippen LogP contribution in [-0.4, -0.2) is 62.1 Å². The first-order valence-corrected chi connectivity index (χ1v) is 7.31. The molecule has 7 heteroatoms. The number of nitrogens with one attached hydrogen (secondary N) is 1. The number of aliphatic hydroxyl groups excluding tert-OH is 1. The van der Waals surface area contributed by atoms with Crippen LogP contribution in [-0.2, 0) is 17.9 Å². The Hall–Kier alpha value is -1.44. The van der Waals surface area contributed by atoms with Crippen LogP contribution in [0.5, 0.6) is 0 Å². The molecule has 0 aliphatic carbocycles. The maximum atomic E-state index is 11.0. The molecule has 2 heterocycles. The standard InChI is InChI=1S/C14H24N4O3/c1-3-4-18-7-12(5-16-18)6-17-8-13(20)14(21,10-17)9-15-11(2)19/h5,7,13,20-21H,3-4,6,8-10H2,1-2H3,(H,15,19)/t13-,14+/m1/s1. The van der Waals surface area contributed by atoms with E-state index in [2.05, 4.69) is 17.3 Å². The Morgan fingerprint density at radius 1 is 1.62 bits per heavy atom. The van der Waals surface area contributed by atoms with Gasteiger partial charge in [0.15, 0.2) is 0 Å². The molecule has 0 aromatic carbocycles. The molecule has 1 aromatic heterocycles. The molecule has 7 nitrogen and oxygen atoms in total. The van der Waals surface area contributed by atoms with Crippen molar-refractivity contribution in [2.75, 3.05) is 19.6 Å². The summed E-state index contributed by atoms with van der Waals surface area (Å²) in [6, 6.07) is 0. The molecular formula is C14H24N4O3. The molecule has 118 valence electrons. The summed E-state index contributed by atoms with van der Waals surface area (Å²) in [7, 11) is 0. The molecular weight excluding hydrogens is 272 g/mol. The molecule has 1 saturated heterocycles. The van der Waals surface area contributed by atoms with Gasteiger partial charge in [0, 0.05) is 44.9 Å². The van der Waals surface area contributed by atoms with E-state index in [0.29, 0.717) is 19.6 Å². The maximum Gasteiger partial charge on any atom is 0.216 e. The minimum absolute atomic E-state index is 0.0646. The van der Waals surface area contributed by atoms with Gasteiger partial charge in [0.1, 0.15) is 5.60 Å². The molecule has 3 N–H and O–H groups in total. The highest BCUT2D eigenvalue weighted by Gasteiger charge is 2.44. The fourth-order valence-electron chi connectivity index (χ4n) is 2.64. The number of carbonyl (C=O) groups excluding carboxylic acids is 1. The first-order chi connectivity index (χ1) is 9.93. The lowest BCUT2D eigenvalue weighted by Crippen LogP contribution is -2.50. The fraction of sp³-hybridized carbons (Fsp3) is 0.714. The Labute approximate surface area is 124 Å². The van der Waals surface area contributed by atoms with Crippen LogP contribution in [0.2, 0.25) is 0 Å². The fourth-order valence-corrected chi connectivity index (χ4v) is 2.64. The van der Waals surface area contributed by atoms with Gasteiger partial charge in [-0.1, -0.05) is 6.92 Å². The predicted octanol–water partition coefficient (Wildman–Crippen LogP) is -0.663. The van der Waals surface area contributed by atoms with E-state index in [1.807, 2.05) is 22.0 Å². The second-order valence-corrected chi connectivity index (χ2v) is 5.81. The monoisotopic (exact) mass is 296 g/mol. The Kier molecular flexibility index (Phi) is 4.97. The van der Waals surface area contributed by atoms with Crippen molar-refractivity contribution in [3.05, 3.63) is 18.0 Å². The Balaban J connectivity index is 1.92. The molecule has 1 fully saturated rings. The normalized spacial score (nSPS) is 26.2. The van der Waals surface area contributed by atoms with Crippen LogP contribution in [0.1, 0.15) is 25.8 Å². The van der Waals surface area contributed by atoms with Crippen LogP contribution >= 0.6 is 0 Å². The van der Waals surface area contributed by atoms with E-state index in [1.165, 1.54) is 6.92 Å². The SMILES string of the molecule is CCCn1cc(CN2C[C@@H](O)[C@](O)(CNC(C)=O)C2)cn1. The number of hydrogen-bond acceptors (Lipinski definition) is 5. The molecule has 1 aromatic rings. The van der Waals surface area contributed by atoms with Crippen LogP contribution in [0.4, 0.5) is 0 Å². The second kappa shape index (κ2) is 6.55. The highest BCUT2D eigenvalue weighted by atomic mass is 16.3. The van der Waals surface area contributed by atoms with Gasteiger partial charge in [0.2, 0.25) is 5.91 Å². The zero-order valence-corrected chi connectivity index (χ0v) is 12.6. The summed E-state index contributed by atoms with van der Waals surface area (Å²) in [5, 5.41) is 27.3. The van der Waals surface area contributed by atoms with Gasteiger partial charge in [-0.3, -0.25) is 14.4 Å². The molecule has 1 aliphatic heterocycles. The largest absolute Gasteiger partial charge is 0.389 e. The minimum Gasteiger partial charge on any atom is -0.389 e. The van der Waals surface area contributed by atoms with Crippen molar-refractivity contribution in [2.24, 2.45) is 0 Å². The lowest BCUT2D eigenvalue weighted by molar-refractivity contribution is -0.121. The lowest BCUT2D eigenvalue weighted by Gasteiger charge is -2.25. The van der Waals surface area contributed by atoms with Gasteiger partial charge in [-0.15, -0.1) is 0 Å². The Morgan fingerprint density at radius 3 is 3.05 bits per heavy atom. The zero-order valence-electron chi connectivity index (χ0n) is 12.6. The average molecular weight is 296 g/mol. The molecule has 0 saturated carbocycles. The number of aryl methyl sites for hydroxylation is 1. The summed E-state index contributed by atoms with van der Waals surface area (Å²) in [5.74, 6) is -0.213. The summed E-state index contributed by atoms with van der Waals surface area (Å²) < 4.78 is 1.89. The van der Waals surface area contributed by atoms with Crippen LogP contribution in [0.15, 0.2) is 12.4 Å². The molecule has 2 rings (SSSR count). The summed E-state index contributed by atoms with van der Waals surface area (Å²) >= 11 is 0. The summed E-state index contributed by atoms with van der Waals surface area (Å²) in [4.78, 5) is 12.9. The molecule has 1 amide bonds. The number of nitrogens with zero attached hydrogens (tertiary/aromatic N) is 3. The van der Waals surface area contributed by atoms with Crippen molar-refractivity contribution in [2.45, 2.75) is 45.1 Å². The van der Waals surface area contributed by atoms with Gasteiger partial charge in [0.25, 0.3) is 0 Å². The van der Waals surface area contributed by atoms with Crippen LogP contribution < -0.4 is 5.32 Å². The molecule has 0 unspecified atom stereocenters. The average Bonchev–Trinajstić information content (AvgIpc) is 2.94. The molecule has 0 spiro atoms. The van der Waals surface area contributed by atoms with Crippen molar-refractivity contribution in [3.63, 3.8) is 0 Å². The number of rotatable bonds is 6. The van der Waals surface area contributed by atoms with Crippen LogP contribution in [0.25, 0.3) is 0 Å². The van der Waals surface area contributed by atoms with E-state index >= 15 is 0 Å². The first-order valence-electron chi connectivity index (χ1n) is 7.31. The molecule has 0 radical (unpaired) electrons. The number of amides is 1. The van der Waals surface area contributed by atoms with Crippen molar-refractivity contribution in [1.29, 1.82) is 0 Å². The van der Waals surface area contributed by atoms with Gasteiger partial charge < -0.3 is 15.5 Å². The Bertz CT molecular complexity index is 490. The molecule has 1 aliphatic rings. The van der Waals surface area contributed by atoms with Gasteiger partial charge in [0.05, 0.1) is 18.8 Å². The van der Waals surface area contributed by atoms with Gasteiger partial charge in [-0.05, 0) is 6.42 Å². The van der Waals surface area contributed by atoms with Gasteiger partial charge in [-0.2, -0.15) is 5.10 Å². The van der Waals surface area contributed by atoms with Gasteiger partial charge >= 0.3 is 0 Å². The highest BCUT2D eigenvalue weighted by molar-refractivity contribution is 5.72. The smallest absolute Gasteiger partial charge is 0.216 e.